The minimum atomic E-state index is 0.352. The SMILES string of the molecule is CCCNCC(Cc1cncs1)C(C)(C)C. The molecule has 0 bridgehead atoms. The third kappa shape index (κ3) is 4.62. The van der Waals surface area contributed by atoms with Gasteiger partial charge in [0.25, 0.3) is 0 Å². The first-order valence-electron chi connectivity index (χ1n) is 6.12. The van der Waals surface area contributed by atoms with E-state index < -0.39 is 0 Å². The van der Waals surface area contributed by atoms with E-state index in [0.29, 0.717) is 11.3 Å². The lowest BCUT2D eigenvalue weighted by Crippen LogP contribution is -2.33. The van der Waals surface area contributed by atoms with Crippen LogP contribution in [-0.2, 0) is 6.42 Å². The van der Waals surface area contributed by atoms with Crippen molar-refractivity contribution in [3.05, 3.63) is 16.6 Å². The van der Waals surface area contributed by atoms with Crippen molar-refractivity contribution in [2.45, 2.75) is 40.5 Å². The number of nitrogens with one attached hydrogen (secondary N) is 1. The van der Waals surface area contributed by atoms with Gasteiger partial charge in [0.2, 0.25) is 0 Å². The number of nitrogens with zero attached hydrogens (tertiary/aromatic N) is 1. The van der Waals surface area contributed by atoms with Crippen molar-refractivity contribution in [1.29, 1.82) is 0 Å². The molecule has 3 heteroatoms. The second-order valence-electron chi connectivity index (χ2n) is 5.44. The third-order valence-corrected chi connectivity index (χ3v) is 3.78. The standard InChI is InChI=1S/C13H24N2S/c1-5-6-14-8-11(13(2,3)4)7-12-9-15-10-16-12/h9-11,14H,5-8H2,1-4H3. The van der Waals surface area contributed by atoms with E-state index in [1.807, 2.05) is 11.7 Å². The predicted octanol–water partition coefficient (Wildman–Crippen LogP) is 3.35. The summed E-state index contributed by atoms with van der Waals surface area (Å²) in [4.78, 5) is 5.55. The number of aromatic nitrogens is 1. The second kappa shape index (κ2) is 6.36. The van der Waals surface area contributed by atoms with Crippen molar-refractivity contribution in [3.8, 4) is 0 Å². The fraction of sp³-hybridized carbons (Fsp3) is 0.769. The van der Waals surface area contributed by atoms with E-state index in [2.05, 4.69) is 38.0 Å². The van der Waals surface area contributed by atoms with Crippen LogP contribution in [0.5, 0.6) is 0 Å². The minimum absolute atomic E-state index is 0.352. The molecule has 0 aliphatic rings. The van der Waals surface area contributed by atoms with Crippen LogP contribution in [0.2, 0.25) is 0 Å². The molecular weight excluding hydrogens is 216 g/mol. The molecule has 0 aromatic carbocycles. The van der Waals surface area contributed by atoms with Gasteiger partial charge in [0.1, 0.15) is 0 Å². The van der Waals surface area contributed by atoms with Crippen LogP contribution in [0.1, 0.15) is 39.0 Å². The summed E-state index contributed by atoms with van der Waals surface area (Å²) in [5, 5.41) is 3.54. The molecule has 1 atom stereocenters. The Labute approximate surface area is 103 Å². The third-order valence-electron chi connectivity index (χ3n) is 2.97. The lowest BCUT2D eigenvalue weighted by Gasteiger charge is -2.30. The summed E-state index contributed by atoms with van der Waals surface area (Å²) in [5.41, 5.74) is 2.28. The molecule has 92 valence electrons. The van der Waals surface area contributed by atoms with Gasteiger partial charge in [0.05, 0.1) is 5.51 Å². The molecule has 0 aliphatic heterocycles. The van der Waals surface area contributed by atoms with Gasteiger partial charge in [-0.3, -0.25) is 4.98 Å². The molecular formula is C13H24N2S. The fourth-order valence-electron chi connectivity index (χ4n) is 1.72. The fourth-order valence-corrected chi connectivity index (χ4v) is 2.40. The Balaban J connectivity index is 2.51. The maximum atomic E-state index is 4.15. The Hall–Kier alpha value is -0.410. The lowest BCUT2D eigenvalue weighted by atomic mass is 9.78. The Bertz CT molecular complexity index is 275. The molecule has 2 nitrogen and oxygen atoms in total. The van der Waals surface area contributed by atoms with Crippen molar-refractivity contribution >= 4 is 11.3 Å². The van der Waals surface area contributed by atoms with E-state index in [9.17, 15) is 0 Å². The maximum Gasteiger partial charge on any atom is 0.0794 e. The molecule has 0 saturated carbocycles. The Morgan fingerprint density at radius 1 is 1.44 bits per heavy atom. The molecule has 1 rings (SSSR count). The van der Waals surface area contributed by atoms with E-state index >= 15 is 0 Å². The maximum absolute atomic E-state index is 4.15. The van der Waals surface area contributed by atoms with Crippen molar-refractivity contribution in [3.63, 3.8) is 0 Å². The van der Waals surface area contributed by atoms with Crippen LogP contribution >= 0.6 is 11.3 Å². The Morgan fingerprint density at radius 3 is 2.69 bits per heavy atom. The molecule has 0 aliphatic carbocycles. The van der Waals surface area contributed by atoms with Crippen LogP contribution in [0, 0.1) is 11.3 Å². The molecule has 0 radical (unpaired) electrons. The smallest absolute Gasteiger partial charge is 0.0794 e. The largest absolute Gasteiger partial charge is 0.316 e. The molecule has 0 amide bonds. The molecule has 1 aromatic rings. The zero-order valence-corrected chi connectivity index (χ0v) is 11.7. The van der Waals surface area contributed by atoms with E-state index in [1.54, 1.807) is 11.3 Å². The molecule has 1 unspecified atom stereocenters. The van der Waals surface area contributed by atoms with Gasteiger partial charge in [-0.25, -0.2) is 0 Å². The van der Waals surface area contributed by atoms with E-state index in [4.69, 9.17) is 0 Å². The van der Waals surface area contributed by atoms with Crippen molar-refractivity contribution < 1.29 is 0 Å². The Kier molecular flexibility index (Phi) is 5.42. The van der Waals surface area contributed by atoms with Crippen LogP contribution < -0.4 is 5.32 Å². The molecule has 0 saturated heterocycles. The molecule has 0 fully saturated rings. The summed E-state index contributed by atoms with van der Waals surface area (Å²) in [6, 6.07) is 0. The predicted molar refractivity (Wildman–Crippen MR) is 71.9 cm³/mol. The van der Waals surface area contributed by atoms with Gasteiger partial charge >= 0.3 is 0 Å². The highest BCUT2D eigenvalue weighted by atomic mass is 32.1. The number of hydrogen-bond acceptors (Lipinski definition) is 3. The highest BCUT2D eigenvalue weighted by Gasteiger charge is 2.24. The minimum Gasteiger partial charge on any atom is -0.316 e. The number of rotatable bonds is 6. The zero-order valence-electron chi connectivity index (χ0n) is 10.9. The first-order chi connectivity index (χ1) is 7.54. The average molecular weight is 240 g/mol. The zero-order chi connectivity index (χ0) is 12.0. The normalized spacial score (nSPS) is 14.0. The Morgan fingerprint density at radius 2 is 2.19 bits per heavy atom. The van der Waals surface area contributed by atoms with Gasteiger partial charge in [-0.05, 0) is 37.3 Å². The van der Waals surface area contributed by atoms with Crippen LogP contribution in [0.4, 0.5) is 0 Å². The van der Waals surface area contributed by atoms with Gasteiger partial charge in [0.15, 0.2) is 0 Å². The summed E-state index contributed by atoms with van der Waals surface area (Å²) in [5.74, 6) is 0.680. The molecule has 16 heavy (non-hydrogen) atoms. The monoisotopic (exact) mass is 240 g/mol. The summed E-state index contributed by atoms with van der Waals surface area (Å²) in [6.45, 7) is 11.4. The van der Waals surface area contributed by atoms with Crippen molar-refractivity contribution in [2.24, 2.45) is 11.3 Å². The second-order valence-corrected chi connectivity index (χ2v) is 6.41. The highest BCUT2D eigenvalue weighted by molar-refractivity contribution is 7.09. The molecule has 0 spiro atoms. The summed E-state index contributed by atoms with van der Waals surface area (Å²) < 4.78 is 0. The van der Waals surface area contributed by atoms with Crippen molar-refractivity contribution in [1.82, 2.24) is 10.3 Å². The summed E-state index contributed by atoms with van der Waals surface area (Å²) in [7, 11) is 0. The molecule has 1 aromatic heterocycles. The van der Waals surface area contributed by atoms with E-state index in [0.717, 1.165) is 19.5 Å². The van der Waals surface area contributed by atoms with Gasteiger partial charge in [0, 0.05) is 11.1 Å². The van der Waals surface area contributed by atoms with Gasteiger partial charge in [-0.2, -0.15) is 0 Å². The van der Waals surface area contributed by atoms with Crippen LogP contribution in [-0.4, -0.2) is 18.1 Å². The van der Waals surface area contributed by atoms with Crippen LogP contribution in [0.3, 0.4) is 0 Å². The van der Waals surface area contributed by atoms with Gasteiger partial charge in [-0.15, -0.1) is 11.3 Å². The van der Waals surface area contributed by atoms with Crippen LogP contribution in [0.15, 0.2) is 11.7 Å². The molecule has 1 heterocycles. The number of thiazole rings is 1. The molecule has 1 N–H and O–H groups in total. The quantitative estimate of drug-likeness (QED) is 0.771. The van der Waals surface area contributed by atoms with E-state index in [-0.39, 0.29) is 0 Å². The van der Waals surface area contributed by atoms with Gasteiger partial charge in [-0.1, -0.05) is 27.7 Å². The lowest BCUT2D eigenvalue weighted by molar-refractivity contribution is 0.232. The topological polar surface area (TPSA) is 24.9 Å². The van der Waals surface area contributed by atoms with E-state index in [1.165, 1.54) is 11.3 Å². The summed E-state index contributed by atoms with van der Waals surface area (Å²) in [6.07, 6.45) is 4.35. The highest BCUT2D eigenvalue weighted by Crippen LogP contribution is 2.29. The van der Waals surface area contributed by atoms with Gasteiger partial charge < -0.3 is 5.32 Å². The first kappa shape index (κ1) is 13.7. The first-order valence-corrected chi connectivity index (χ1v) is 7.00. The summed E-state index contributed by atoms with van der Waals surface area (Å²) >= 11 is 1.77. The number of hydrogen-bond donors (Lipinski definition) is 1. The van der Waals surface area contributed by atoms with Crippen molar-refractivity contribution in [2.75, 3.05) is 13.1 Å². The average Bonchev–Trinajstić information content (AvgIpc) is 2.67. The van der Waals surface area contributed by atoms with Crippen LogP contribution in [0.25, 0.3) is 0 Å².